The minimum absolute atomic E-state index is 0.163. The number of carboxylic acid groups (broad SMARTS) is 1. The number of H-pyrrole nitrogens is 1. The zero-order chi connectivity index (χ0) is 15.4. The number of aliphatic carboxylic acids is 1. The summed E-state index contributed by atoms with van der Waals surface area (Å²) in [7, 11) is 0. The van der Waals surface area contributed by atoms with Crippen LogP contribution in [0, 0.1) is 13.8 Å². The van der Waals surface area contributed by atoms with E-state index in [-0.39, 0.29) is 11.5 Å². The van der Waals surface area contributed by atoms with Crippen molar-refractivity contribution in [2.45, 2.75) is 26.8 Å². The first kappa shape index (κ1) is 16.3. The van der Waals surface area contributed by atoms with E-state index >= 15 is 0 Å². The number of aryl methyl sites for hydroxylation is 1. The van der Waals surface area contributed by atoms with Crippen molar-refractivity contribution in [3.05, 3.63) is 22.5 Å². The third-order valence-electron chi connectivity index (χ3n) is 2.95. The molecule has 1 aromatic heterocycles. The number of thioether (sulfide) groups is 1. The summed E-state index contributed by atoms with van der Waals surface area (Å²) in [4.78, 5) is 37.5. The smallest absolute Gasteiger partial charge is 0.327 e. The summed E-state index contributed by atoms with van der Waals surface area (Å²) >= 11 is 1.34. The van der Waals surface area contributed by atoms with Gasteiger partial charge in [0.05, 0.1) is 11.3 Å². The number of aromatic nitrogens is 1. The molecule has 0 bridgehead atoms. The highest BCUT2D eigenvalue weighted by molar-refractivity contribution is 7.98. The molecule has 0 aliphatic carbocycles. The van der Waals surface area contributed by atoms with Crippen LogP contribution in [0.5, 0.6) is 0 Å². The lowest BCUT2D eigenvalue weighted by Gasteiger charge is -2.13. The second-order valence-corrected chi connectivity index (χ2v) is 5.41. The molecule has 1 atom stereocenters. The van der Waals surface area contributed by atoms with Crippen molar-refractivity contribution in [1.82, 2.24) is 10.3 Å². The lowest BCUT2D eigenvalue weighted by molar-refractivity contribution is -0.138. The standard InChI is InChI=1S/C13H18N2O4S/c1-6-10(7(2)14-11(6)8(3)16)12(17)15-9(5-20-4)13(18)19/h9,14H,5H2,1-4H3,(H,15,17)(H,18,19)/t9-/m0/s1. The van der Waals surface area contributed by atoms with Crippen molar-refractivity contribution in [2.75, 3.05) is 12.0 Å². The summed E-state index contributed by atoms with van der Waals surface area (Å²) in [6.45, 7) is 4.76. The van der Waals surface area contributed by atoms with Gasteiger partial charge in [0, 0.05) is 18.4 Å². The monoisotopic (exact) mass is 298 g/mol. The van der Waals surface area contributed by atoms with Crippen molar-refractivity contribution in [3.63, 3.8) is 0 Å². The van der Waals surface area contributed by atoms with Gasteiger partial charge in [-0.15, -0.1) is 0 Å². The first-order valence-electron chi connectivity index (χ1n) is 6.02. The summed E-state index contributed by atoms with van der Waals surface area (Å²) in [6.07, 6.45) is 1.77. The predicted molar refractivity (Wildman–Crippen MR) is 77.5 cm³/mol. The Morgan fingerprint density at radius 2 is 1.95 bits per heavy atom. The van der Waals surface area contributed by atoms with Crippen LogP contribution in [-0.2, 0) is 4.79 Å². The molecule has 0 spiro atoms. The first-order valence-corrected chi connectivity index (χ1v) is 7.41. The number of carbonyl (C=O) groups excluding carboxylic acids is 2. The molecule has 1 rings (SSSR count). The minimum Gasteiger partial charge on any atom is -0.480 e. The molecule has 20 heavy (non-hydrogen) atoms. The van der Waals surface area contributed by atoms with Gasteiger partial charge < -0.3 is 15.4 Å². The minimum atomic E-state index is -1.08. The average molecular weight is 298 g/mol. The molecule has 1 aromatic rings. The van der Waals surface area contributed by atoms with Crippen molar-refractivity contribution >= 4 is 29.4 Å². The van der Waals surface area contributed by atoms with Crippen LogP contribution in [0.3, 0.4) is 0 Å². The SMILES string of the molecule is CSC[C@H](NC(=O)c1c(C)[nH]c(C(C)=O)c1C)C(=O)O. The molecule has 1 heterocycles. The number of nitrogens with one attached hydrogen (secondary N) is 2. The molecular weight excluding hydrogens is 280 g/mol. The van der Waals surface area contributed by atoms with E-state index in [2.05, 4.69) is 10.3 Å². The van der Waals surface area contributed by atoms with Gasteiger partial charge in [-0.1, -0.05) is 0 Å². The zero-order valence-corrected chi connectivity index (χ0v) is 12.7. The van der Waals surface area contributed by atoms with Gasteiger partial charge in [-0.3, -0.25) is 9.59 Å². The van der Waals surface area contributed by atoms with E-state index in [9.17, 15) is 14.4 Å². The Labute approximate surface area is 121 Å². The largest absolute Gasteiger partial charge is 0.480 e. The van der Waals surface area contributed by atoms with E-state index in [4.69, 9.17) is 5.11 Å². The second kappa shape index (κ2) is 6.60. The van der Waals surface area contributed by atoms with Gasteiger partial charge in [-0.05, 0) is 25.7 Å². The van der Waals surface area contributed by atoms with Crippen molar-refractivity contribution in [3.8, 4) is 0 Å². The second-order valence-electron chi connectivity index (χ2n) is 4.50. The molecule has 1 amide bonds. The summed E-state index contributed by atoms with van der Waals surface area (Å²) in [5.74, 6) is -1.44. The van der Waals surface area contributed by atoms with E-state index in [0.29, 0.717) is 22.5 Å². The van der Waals surface area contributed by atoms with Crippen LogP contribution in [0.1, 0.15) is 39.0 Å². The van der Waals surface area contributed by atoms with Gasteiger partial charge in [0.1, 0.15) is 6.04 Å². The van der Waals surface area contributed by atoms with Gasteiger partial charge >= 0.3 is 5.97 Å². The summed E-state index contributed by atoms with van der Waals surface area (Å²) < 4.78 is 0. The van der Waals surface area contributed by atoms with Crippen molar-refractivity contribution in [2.24, 2.45) is 0 Å². The van der Waals surface area contributed by atoms with Crippen LogP contribution < -0.4 is 5.32 Å². The topological polar surface area (TPSA) is 99.3 Å². The Balaban J connectivity index is 3.03. The number of rotatable bonds is 6. The molecule has 0 saturated carbocycles. The molecule has 7 heteroatoms. The fourth-order valence-electron chi connectivity index (χ4n) is 2.01. The maximum absolute atomic E-state index is 12.2. The third-order valence-corrected chi connectivity index (χ3v) is 3.62. The van der Waals surface area contributed by atoms with Gasteiger partial charge in [-0.2, -0.15) is 11.8 Å². The number of carboxylic acids is 1. The molecule has 0 aliphatic heterocycles. The Hall–Kier alpha value is -1.76. The van der Waals surface area contributed by atoms with Crippen molar-refractivity contribution in [1.29, 1.82) is 0 Å². The summed E-state index contributed by atoms with van der Waals surface area (Å²) in [5.41, 5.74) is 1.81. The highest BCUT2D eigenvalue weighted by Gasteiger charge is 2.24. The van der Waals surface area contributed by atoms with Crippen LogP contribution >= 0.6 is 11.8 Å². The molecule has 0 radical (unpaired) electrons. The summed E-state index contributed by atoms with van der Waals surface area (Å²) in [5, 5.41) is 11.5. The first-order chi connectivity index (χ1) is 9.29. The summed E-state index contributed by atoms with van der Waals surface area (Å²) in [6, 6.07) is -0.952. The number of carbonyl (C=O) groups is 3. The fraction of sp³-hybridized carbons (Fsp3) is 0.462. The normalized spacial score (nSPS) is 12.0. The van der Waals surface area contributed by atoms with Crippen LogP contribution in [-0.4, -0.2) is 45.8 Å². The Morgan fingerprint density at radius 1 is 1.35 bits per heavy atom. The van der Waals surface area contributed by atoms with Crippen molar-refractivity contribution < 1.29 is 19.5 Å². The van der Waals surface area contributed by atoms with Crippen LogP contribution in [0.15, 0.2) is 0 Å². The van der Waals surface area contributed by atoms with E-state index in [1.54, 1.807) is 20.1 Å². The molecule has 0 saturated heterocycles. The Morgan fingerprint density at radius 3 is 2.35 bits per heavy atom. The molecule has 0 aliphatic rings. The van der Waals surface area contributed by atoms with Crippen LogP contribution in [0.2, 0.25) is 0 Å². The third kappa shape index (κ3) is 3.41. The average Bonchev–Trinajstić information content (AvgIpc) is 2.64. The van der Waals surface area contributed by atoms with E-state index in [1.807, 2.05) is 0 Å². The molecule has 3 N–H and O–H groups in total. The molecule has 110 valence electrons. The molecule has 0 aromatic carbocycles. The fourth-order valence-corrected chi connectivity index (χ4v) is 2.57. The molecule has 0 unspecified atom stereocenters. The van der Waals surface area contributed by atoms with E-state index < -0.39 is 17.9 Å². The van der Waals surface area contributed by atoms with Gasteiger partial charge in [-0.25, -0.2) is 4.79 Å². The van der Waals surface area contributed by atoms with Gasteiger partial charge in [0.15, 0.2) is 5.78 Å². The van der Waals surface area contributed by atoms with Crippen LogP contribution in [0.25, 0.3) is 0 Å². The number of hydrogen-bond donors (Lipinski definition) is 3. The number of Topliss-reactive ketones (excluding diaryl/α,β-unsaturated/α-hetero) is 1. The van der Waals surface area contributed by atoms with Gasteiger partial charge in [0.2, 0.25) is 0 Å². The Kier molecular flexibility index (Phi) is 5.38. The number of aromatic amines is 1. The van der Waals surface area contributed by atoms with Gasteiger partial charge in [0.25, 0.3) is 5.91 Å². The van der Waals surface area contributed by atoms with E-state index in [0.717, 1.165) is 0 Å². The molecular formula is C13H18N2O4S. The number of ketones is 1. The maximum Gasteiger partial charge on any atom is 0.327 e. The molecule has 0 fully saturated rings. The highest BCUT2D eigenvalue weighted by Crippen LogP contribution is 2.18. The quantitative estimate of drug-likeness (QED) is 0.689. The number of hydrogen-bond acceptors (Lipinski definition) is 4. The zero-order valence-electron chi connectivity index (χ0n) is 11.9. The highest BCUT2D eigenvalue weighted by atomic mass is 32.2. The lowest BCUT2D eigenvalue weighted by Crippen LogP contribution is -2.42. The van der Waals surface area contributed by atoms with Crippen LogP contribution in [0.4, 0.5) is 0 Å². The van der Waals surface area contributed by atoms with E-state index in [1.165, 1.54) is 18.7 Å². The molecule has 6 nitrogen and oxygen atoms in total. The predicted octanol–water partition coefficient (Wildman–Crippen LogP) is 1.38. The maximum atomic E-state index is 12.2. The number of amides is 1. The Bertz CT molecular complexity index is 551. The lowest BCUT2D eigenvalue weighted by atomic mass is 10.1.